The van der Waals surface area contributed by atoms with Crippen molar-refractivity contribution in [3.63, 3.8) is 0 Å². The van der Waals surface area contributed by atoms with Gasteiger partial charge >= 0.3 is 0 Å². The fourth-order valence-corrected chi connectivity index (χ4v) is 3.14. The summed E-state index contributed by atoms with van der Waals surface area (Å²) < 4.78 is 0. The Labute approximate surface area is 240 Å². The first-order chi connectivity index (χ1) is 19.7. The van der Waals surface area contributed by atoms with Crippen molar-refractivity contribution in [2.75, 3.05) is 32.8 Å². The smallest absolute Gasteiger partial charge is 0.245 e. The number of hydrogen-bond acceptors (Lipinski definition) is 10. The molecule has 0 rings (SSSR count). The number of aliphatic hydroxyl groups excluding tert-OH is 1. The maximum absolute atomic E-state index is 12.8. The van der Waals surface area contributed by atoms with E-state index in [0.29, 0.717) is 0 Å². The maximum atomic E-state index is 12.8. The third-order valence-electron chi connectivity index (χ3n) is 5.09. The predicted octanol–water partition coefficient (Wildman–Crippen LogP) is -7.39. The highest BCUT2D eigenvalue weighted by atomic mass is 16.3. The van der Waals surface area contributed by atoms with Gasteiger partial charge in [0.25, 0.3) is 0 Å². The molecule has 0 aliphatic heterocycles. The van der Waals surface area contributed by atoms with Crippen LogP contribution in [-0.2, 0) is 38.4 Å². The third-order valence-corrected chi connectivity index (χ3v) is 5.09. The van der Waals surface area contributed by atoms with Crippen LogP contribution in [0.15, 0.2) is 4.99 Å². The van der Waals surface area contributed by atoms with Crippen LogP contribution >= 0.6 is 0 Å². The molecule has 20 heteroatoms. The van der Waals surface area contributed by atoms with Crippen molar-refractivity contribution < 1.29 is 43.5 Å². The number of guanidine groups is 1. The Hall–Kier alpha value is -5.01. The fraction of sp³-hybridized carbons (Fsp3) is 0.591. The number of carbonyl (C=O) groups excluding carboxylic acids is 8. The van der Waals surface area contributed by atoms with Gasteiger partial charge in [0.2, 0.25) is 47.3 Å². The minimum absolute atomic E-state index is 0.00579. The number of hydrogen-bond donors (Lipinski definition) is 11. The van der Waals surface area contributed by atoms with E-state index in [1.165, 1.54) is 0 Å². The van der Waals surface area contributed by atoms with Crippen LogP contribution in [0.4, 0.5) is 0 Å². The lowest BCUT2D eigenvalue weighted by molar-refractivity contribution is -0.133. The molecule has 20 nitrogen and oxygen atoms in total. The van der Waals surface area contributed by atoms with Gasteiger partial charge in [-0.3, -0.25) is 43.3 Å². The summed E-state index contributed by atoms with van der Waals surface area (Å²) in [6, 6.07) is -3.79. The van der Waals surface area contributed by atoms with Crippen molar-refractivity contribution in [3.05, 3.63) is 0 Å². The number of aliphatic hydroxyl groups is 1. The average Bonchev–Trinajstić information content (AvgIpc) is 2.90. The minimum atomic E-state index is -1.29. The zero-order chi connectivity index (χ0) is 32.2. The van der Waals surface area contributed by atoms with Crippen molar-refractivity contribution >= 4 is 53.2 Å². The summed E-state index contributed by atoms with van der Waals surface area (Å²) in [7, 11) is 0. The quantitative estimate of drug-likeness (QED) is 0.0353. The number of nitrogens with zero attached hydrogens (tertiary/aromatic N) is 1. The molecule has 0 aliphatic carbocycles. The highest BCUT2D eigenvalue weighted by Crippen LogP contribution is 2.00. The SMILES string of the molecule is CC(=O)NC(CO)C(=O)NCC(=O)NC(CCCN=C(N)N)C(=O)NCC(=O)NC(CCC(N)=O)C(=O)NCC(N)=O. The normalized spacial score (nSPS) is 12.3. The maximum Gasteiger partial charge on any atom is 0.245 e. The molecule has 0 radical (unpaired) electrons. The Morgan fingerprint density at radius 1 is 0.667 bits per heavy atom. The standard InChI is InChI=1S/C22H39N11O9/c1-11(35)31-14(10-34)21(42)30-9-17(38)32-12(3-2-6-27-22(25)26)19(40)29-8-18(39)33-13(4-5-15(23)36)20(41)28-7-16(24)37/h12-14,34H,2-10H2,1H3,(H2,23,36)(H2,24,37)(H,28,41)(H,29,40)(H,30,42)(H,31,35)(H,32,38)(H,33,39)(H4,25,26,27). The topological polar surface area (TPSA) is 345 Å². The summed E-state index contributed by atoms with van der Waals surface area (Å²) in [5, 5.41) is 22.8. The molecule has 0 aromatic carbocycles. The van der Waals surface area contributed by atoms with Crippen LogP contribution in [0.2, 0.25) is 0 Å². The van der Waals surface area contributed by atoms with Gasteiger partial charge in [-0.1, -0.05) is 0 Å². The van der Waals surface area contributed by atoms with E-state index < -0.39 is 91.6 Å². The van der Waals surface area contributed by atoms with Gasteiger partial charge in [-0.25, -0.2) is 0 Å². The summed E-state index contributed by atoms with van der Waals surface area (Å²) in [4.78, 5) is 98.9. The van der Waals surface area contributed by atoms with Crippen LogP contribution in [0.3, 0.4) is 0 Å². The van der Waals surface area contributed by atoms with Gasteiger partial charge in [-0.2, -0.15) is 0 Å². The van der Waals surface area contributed by atoms with Crippen LogP contribution in [0.5, 0.6) is 0 Å². The summed E-state index contributed by atoms with van der Waals surface area (Å²) in [5.41, 5.74) is 20.6. The number of rotatable bonds is 20. The van der Waals surface area contributed by atoms with Gasteiger partial charge in [-0.05, 0) is 19.3 Å². The van der Waals surface area contributed by atoms with Gasteiger partial charge < -0.3 is 59.9 Å². The molecule has 0 spiro atoms. The monoisotopic (exact) mass is 601 g/mol. The van der Waals surface area contributed by atoms with Crippen LogP contribution in [0.25, 0.3) is 0 Å². The lowest BCUT2D eigenvalue weighted by Gasteiger charge is -2.20. The molecule has 236 valence electrons. The van der Waals surface area contributed by atoms with E-state index in [4.69, 9.17) is 22.9 Å². The molecule has 0 aliphatic rings. The average molecular weight is 602 g/mol. The Bertz CT molecular complexity index is 1030. The Balaban J connectivity index is 5.24. The van der Waals surface area contributed by atoms with Crippen LogP contribution in [0, 0.1) is 0 Å². The van der Waals surface area contributed by atoms with E-state index in [1.807, 2.05) is 0 Å². The molecule has 0 aromatic rings. The molecule has 0 fully saturated rings. The van der Waals surface area contributed by atoms with Crippen LogP contribution in [0.1, 0.15) is 32.6 Å². The number of aliphatic imine (C=N–C) groups is 1. The second-order valence-corrected chi connectivity index (χ2v) is 8.75. The molecule has 0 aromatic heterocycles. The van der Waals surface area contributed by atoms with Crippen LogP contribution in [-0.4, -0.2) is 109 Å². The molecule has 0 saturated carbocycles. The molecular weight excluding hydrogens is 562 g/mol. The van der Waals surface area contributed by atoms with Gasteiger partial charge in [0, 0.05) is 19.9 Å². The van der Waals surface area contributed by atoms with Gasteiger partial charge in [-0.15, -0.1) is 0 Å². The van der Waals surface area contributed by atoms with Crippen LogP contribution < -0.4 is 54.8 Å². The van der Waals surface area contributed by atoms with E-state index >= 15 is 0 Å². The molecule has 3 unspecified atom stereocenters. The minimum Gasteiger partial charge on any atom is -0.394 e. The Kier molecular flexibility index (Phi) is 17.6. The van der Waals surface area contributed by atoms with Crippen molar-refractivity contribution in [3.8, 4) is 0 Å². The summed E-state index contributed by atoms with van der Waals surface area (Å²) in [5.74, 6) is -6.50. The van der Waals surface area contributed by atoms with E-state index in [-0.39, 0.29) is 38.2 Å². The predicted molar refractivity (Wildman–Crippen MR) is 145 cm³/mol. The van der Waals surface area contributed by atoms with Gasteiger partial charge in [0.1, 0.15) is 18.1 Å². The molecule has 0 heterocycles. The molecule has 3 atom stereocenters. The zero-order valence-corrected chi connectivity index (χ0v) is 23.1. The molecule has 15 N–H and O–H groups in total. The highest BCUT2D eigenvalue weighted by Gasteiger charge is 2.25. The third kappa shape index (κ3) is 17.6. The second-order valence-electron chi connectivity index (χ2n) is 8.75. The fourth-order valence-electron chi connectivity index (χ4n) is 3.14. The second kappa shape index (κ2) is 20.0. The molecule has 42 heavy (non-hydrogen) atoms. The van der Waals surface area contributed by atoms with Gasteiger partial charge in [0.15, 0.2) is 5.96 Å². The number of amides is 8. The molecule has 8 amide bonds. The van der Waals surface area contributed by atoms with E-state index in [1.54, 1.807) is 0 Å². The van der Waals surface area contributed by atoms with Crippen molar-refractivity contribution in [1.29, 1.82) is 0 Å². The number of nitrogens with two attached hydrogens (primary N) is 4. The lowest BCUT2D eigenvalue weighted by atomic mass is 10.1. The number of carbonyl (C=O) groups is 8. The Morgan fingerprint density at radius 3 is 1.57 bits per heavy atom. The molecule has 0 bridgehead atoms. The van der Waals surface area contributed by atoms with E-state index in [9.17, 15) is 43.5 Å². The van der Waals surface area contributed by atoms with Crippen molar-refractivity contribution in [2.45, 2.75) is 50.7 Å². The highest BCUT2D eigenvalue weighted by molar-refractivity contribution is 5.94. The van der Waals surface area contributed by atoms with Gasteiger partial charge in [0.05, 0.1) is 26.2 Å². The van der Waals surface area contributed by atoms with E-state index in [2.05, 4.69) is 36.9 Å². The summed E-state index contributed by atoms with van der Waals surface area (Å²) in [6.45, 7) is -1.27. The first-order valence-electron chi connectivity index (χ1n) is 12.6. The Morgan fingerprint density at radius 2 is 1.14 bits per heavy atom. The number of nitrogens with one attached hydrogen (secondary N) is 6. The van der Waals surface area contributed by atoms with Crippen molar-refractivity contribution in [1.82, 2.24) is 31.9 Å². The first-order valence-corrected chi connectivity index (χ1v) is 12.6. The summed E-state index contributed by atoms with van der Waals surface area (Å²) >= 11 is 0. The molecule has 0 saturated heterocycles. The molecular formula is C22H39N11O9. The lowest BCUT2D eigenvalue weighted by Crippen LogP contribution is -2.54. The van der Waals surface area contributed by atoms with E-state index in [0.717, 1.165) is 6.92 Å². The summed E-state index contributed by atoms with van der Waals surface area (Å²) in [6.07, 6.45) is -0.246. The first kappa shape index (κ1) is 37.0. The number of primary amides is 2. The zero-order valence-electron chi connectivity index (χ0n) is 23.1. The van der Waals surface area contributed by atoms with Crippen molar-refractivity contribution in [2.24, 2.45) is 27.9 Å². The largest absolute Gasteiger partial charge is 0.394 e.